The Kier molecular flexibility index (Phi) is 6.66. The van der Waals surface area contributed by atoms with Crippen molar-refractivity contribution >= 4 is 29.3 Å². The number of benzene rings is 2. The van der Waals surface area contributed by atoms with E-state index in [4.69, 9.17) is 4.74 Å². The summed E-state index contributed by atoms with van der Waals surface area (Å²) in [4.78, 5) is 19.4. The Balaban J connectivity index is 1.33. The van der Waals surface area contributed by atoms with E-state index in [1.165, 1.54) is 16.2 Å². The Morgan fingerprint density at radius 2 is 1.83 bits per heavy atom. The van der Waals surface area contributed by atoms with E-state index in [1.807, 2.05) is 54.2 Å². The van der Waals surface area contributed by atoms with Crippen LogP contribution in [0.5, 0.6) is 5.75 Å². The van der Waals surface area contributed by atoms with E-state index in [2.05, 4.69) is 20.3 Å². The fourth-order valence-electron chi connectivity index (χ4n) is 3.22. The van der Waals surface area contributed by atoms with Crippen LogP contribution in [0.15, 0.2) is 54.6 Å². The van der Waals surface area contributed by atoms with E-state index >= 15 is 0 Å². The molecule has 1 saturated heterocycles. The van der Waals surface area contributed by atoms with Gasteiger partial charge in [-0.2, -0.15) is 21.4 Å². The van der Waals surface area contributed by atoms with E-state index in [-0.39, 0.29) is 5.91 Å². The van der Waals surface area contributed by atoms with Gasteiger partial charge in [-0.25, -0.2) is 0 Å². The van der Waals surface area contributed by atoms with Crippen LogP contribution in [-0.4, -0.2) is 63.3 Å². The number of rotatable bonds is 7. The maximum atomic E-state index is 12.6. The van der Waals surface area contributed by atoms with Crippen LogP contribution in [0.25, 0.3) is 0 Å². The first-order chi connectivity index (χ1) is 14.7. The van der Waals surface area contributed by atoms with Crippen molar-refractivity contribution in [2.24, 2.45) is 0 Å². The molecule has 0 unspecified atom stereocenters. The zero-order valence-electron chi connectivity index (χ0n) is 17.0. The predicted octanol–water partition coefficient (Wildman–Crippen LogP) is 3.45. The highest BCUT2D eigenvalue weighted by molar-refractivity contribution is 7.99. The van der Waals surface area contributed by atoms with Crippen LogP contribution in [0.1, 0.15) is 16.2 Å². The van der Waals surface area contributed by atoms with Gasteiger partial charge in [-0.05, 0) is 43.3 Å². The molecule has 0 bridgehead atoms. The van der Waals surface area contributed by atoms with Gasteiger partial charge in [-0.15, -0.1) is 5.10 Å². The van der Waals surface area contributed by atoms with E-state index in [0.717, 1.165) is 31.1 Å². The Bertz CT molecular complexity index is 969. The van der Waals surface area contributed by atoms with Crippen LogP contribution in [0, 0.1) is 6.92 Å². The first-order valence-corrected chi connectivity index (χ1v) is 11.2. The molecular formula is C22H25N5O2S. The van der Waals surface area contributed by atoms with Crippen LogP contribution in [0.3, 0.4) is 0 Å². The number of nitrogens with zero attached hydrogens (tertiary/aromatic N) is 4. The lowest BCUT2D eigenvalue weighted by molar-refractivity contribution is 0.0942. The largest absolute Gasteiger partial charge is 0.492 e. The second-order valence-electron chi connectivity index (χ2n) is 7.02. The van der Waals surface area contributed by atoms with E-state index < -0.39 is 0 Å². The van der Waals surface area contributed by atoms with Crippen molar-refractivity contribution in [2.75, 3.05) is 43.1 Å². The lowest BCUT2D eigenvalue weighted by atomic mass is 10.2. The van der Waals surface area contributed by atoms with E-state index in [0.29, 0.717) is 23.9 Å². The Hall–Kier alpha value is -2.84. The van der Waals surface area contributed by atoms with Gasteiger partial charge >= 0.3 is 0 Å². The maximum absolute atomic E-state index is 12.6. The fraction of sp³-hybridized carbons (Fsp3) is 0.318. The average Bonchev–Trinajstić information content (AvgIpc) is 3.15. The topological polar surface area (TPSA) is 72.3 Å². The Morgan fingerprint density at radius 3 is 2.57 bits per heavy atom. The third kappa shape index (κ3) is 5.20. The van der Waals surface area contributed by atoms with Gasteiger partial charge in [0.1, 0.15) is 18.2 Å². The minimum atomic E-state index is -0.204. The van der Waals surface area contributed by atoms with Crippen molar-refractivity contribution < 1.29 is 9.53 Å². The number of anilines is 2. The average molecular weight is 424 g/mol. The molecule has 156 valence electrons. The molecule has 3 aromatic rings. The summed E-state index contributed by atoms with van der Waals surface area (Å²) < 4.78 is 7.18. The molecule has 0 saturated carbocycles. The van der Waals surface area contributed by atoms with Crippen LogP contribution in [0.4, 0.5) is 11.6 Å². The molecule has 0 spiro atoms. The maximum Gasteiger partial charge on any atom is 0.279 e. The summed E-state index contributed by atoms with van der Waals surface area (Å²) in [6, 6.07) is 16.7. The summed E-state index contributed by atoms with van der Waals surface area (Å²) in [5.74, 6) is 3.96. The Labute approximate surface area is 180 Å². The zero-order chi connectivity index (χ0) is 20.8. The number of nitrogens with one attached hydrogen (secondary N) is 1. The number of hydrogen-bond donors (Lipinski definition) is 1. The van der Waals surface area contributed by atoms with Crippen molar-refractivity contribution in [2.45, 2.75) is 6.92 Å². The van der Waals surface area contributed by atoms with Gasteiger partial charge in [0.25, 0.3) is 5.91 Å². The molecule has 4 rings (SSSR count). The summed E-state index contributed by atoms with van der Waals surface area (Å²) in [6.07, 6.45) is 0. The molecule has 7 nitrogen and oxygen atoms in total. The van der Waals surface area contributed by atoms with Crippen molar-refractivity contribution in [1.29, 1.82) is 0 Å². The number of aromatic nitrogens is 3. The van der Waals surface area contributed by atoms with Crippen molar-refractivity contribution in [1.82, 2.24) is 19.7 Å². The van der Waals surface area contributed by atoms with Gasteiger partial charge in [0.2, 0.25) is 5.95 Å². The first kappa shape index (κ1) is 20.4. The first-order valence-electron chi connectivity index (χ1n) is 10.0. The van der Waals surface area contributed by atoms with Gasteiger partial charge in [-0.1, -0.05) is 18.2 Å². The molecule has 0 radical (unpaired) electrons. The summed E-state index contributed by atoms with van der Waals surface area (Å²) in [5.41, 5.74) is 1.40. The molecule has 2 heterocycles. The Morgan fingerprint density at radius 1 is 1.10 bits per heavy atom. The standard InChI is InChI=1S/C22H25N5O2S/c1-17-23-22(25-27(17)21(28)18-5-3-2-4-6-18)24-19-7-9-20(10-8-19)29-14-11-26-12-15-30-16-13-26/h2-10H,11-16H2,1H3,(H,24,25). The van der Waals surface area contributed by atoms with Gasteiger partial charge in [0.15, 0.2) is 0 Å². The smallest absolute Gasteiger partial charge is 0.279 e. The molecule has 2 aromatic carbocycles. The van der Waals surface area contributed by atoms with E-state index in [9.17, 15) is 4.79 Å². The quantitative estimate of drug-likeness (QED) is 0.624. The fourth-order valence-corrected chi connectivity index (χ4v) is 4.20. The highest BCUT2D eigenvalue weighted by Crippen LogP contribution is 2.19. The number of carbonyl (C=O) groups excluding carboxylic acids is 1. The van der Waals surface area contributed by atoms with Gasteiger partial charge in [0.05, 0.1) is 0 Å². The SMILES string of the molecule is Cc1nc(Nc2ccc(OCCN3CCSCC3)cc2)nn1C(=O)c1ccccc1. The molecule has 1 aliphatic heterocycles. The predicted molar refractivity (Wildman–Crippen MR) is 120 cm³/mol. The van der Waals surface area contributed by atoms with Crippen molar-refractivity contribution in [3.63, 3.8) is 0 Å². The highest BCUT2D eigenvalue weighted by atomic mass is 32.2. The summed E-state index contributed by atoms with van der Waals surface area (Å²) in [7, 11) is 0. The molecular weight excluding hydrogens is 398 g/mol. The van der Waals surface area contributed by atoms with Crippen molar-refractivity contribution in [3.05, 3.63) is 66.0 Å². The molecule has 8 heteroatoms. The van der Waals surface area contributed by atoms with Crippen molar-refractivity contribution in [3.8, 4) is 5.75 Å². The third-order valence-electron chi connectivity index (χ3n) is 4.87. The number of carbonyl (C=O) groups is 1. The summed E-state index contributed by atoms with van der Waals surface area (Å²) >= 11 is 2.01. The molecule has 0 aliphatic carbocycles. The van der Waals surface area contributed by atoms with Crippen LogP contribution in [0.2, 0.25) is 0 Å². The molecule has 1 aromatic heterocycles. The molecule has 1 N–H and O–H groups in total. The third-order valence-corrected chi connectivity index (χ3v) is 5.81. The number of hydrogen-bond acceptors (Lipinski definition) is 7. The van der Waals surface area contributed by atoms with Crippen LogP contribution in [-0.2, 0) is 0 Å². The second-order valence-corrected chi connectivity index (χ2v) is 8.24. The summed E-state index contributed by atoms with van der Waals surface area (Å²) in [6.45, 7) is 5.68. The number of thioether (sulfide) groups is 1. The molecule has 1 aliphatic rings. The molecule has 1 fully saturated rings. The normalized spacial score (nSPS) is 14.4. The van der Waals surface area contributed by atoms with Gasteiger partial charge in [0, 0.05) is 42.4 Å². The minimum absolute atomic E-state index is 0.204. The monoisotopic (exact) mass is 423 g/mol. The van der Waals surface area contributed by atoms with Crippen LogP contribution < -0.4 is 10.1 Å². The molecule has 0 amide bonds. The number of ether oxygens (including phenoxy) is 1. The summed E-state index contributed by atoms with van der Waals surface area (Å²) in [5, 5.41) is 7.46. The lowest BCUT2D eigenvalue weighted by Crippen LogP contribution is -2.35. The second kappa shape index (κ2) is 9.77. The highest BCUT2D eigenvalue weighted by Gasteiger charge is 2.15. The van der Waals surface area contributed by atoms with E-state index in [1.54, 1.807) is 19.1 Å². The molecule has 0 atom stereocenters. The van der Waals surface area contributed by atoms with Crippen LogP contribution >= 0.6 is 11.8 Å². The van der Waals surface area contributed by atoms with Gasteiger partial charge < -0.3 is 10.1 Å². The van der Waals surface area contributed by atoms with Gasteiger partial charge in [-0.3, -0.25) is 9.69 Å². The molecule has 30 heavy (non-hydrogen) atoms. The lowest BCUT2D eigenvalue weighted by Gasteiger charge is -2.25. The zero-order valence-corrected chi connectivity index (χ0v) is 17.8. The minimum Gasteiger partial charge on any atom is -0.492 e. The number of aryl methyl sites for hydroxylation is 1.